The number of aromatic nitrogens is 1. The second-order valence-electron chi connectivity index (χ2n) is 3.84. The first-order valence-corrected chi connectivity index (χ1v) is 5.87. The highest BCUT2D eigenvalue weighted by atomic mass is 16.5. The normalized spacial score (nSPS) is 10.2. The average molecular weight is 262 g/mol. The molecule has 2 aromatic rings. The fourth-order valence-corrected chi connectivity index (χ4v) is 1.41. The molecule has 2 rings (SSSR count). The molecular weight excluding hydrogens is 248 g/mol. The predicted molar refractivity (Wildman–Crippen MR) is 69.0 cm³/mol. The molecule has 0 spiro atoms. The van der Waals surface area contributed by atoms with Crippen LogP contribution in [-0.4, -0.2) is 22.7 Å². The van der Waals surface area contributed by atoms with Gasteiger partial charge in [-0.25, -0.2) is 4.79 Å². The first-order valence-electron chi connectivity index (χ1n) is 5.87. The summed E-state index contributed by atoms with van der Waals surface area (Å²) in [6, 6.07) is 7.38. The molecule has 0 atom stereocenters. The van der Waals surface area contributed by atoms with Crippen LogP contribution in [-0.2, 0) is 0 Å². The van der Waals surface area contributed by atoms with E-state index in [1.54, 1.807) is 12.1 Å². The first-order chi connectivity index (χ1) is 9.19. The van der Waals surface area contributed by atoms with Crippen LogP contribution < -0.4 is 10.1 Å². The van der Waals surface area contributed by atoms with Gasteiger partial charge in [0.2, 0.25) is 0 Å². The van der Waals surface area contributed by atoms with Crippen LogP contribution in [0, 0.1) is 0 Å². The molecule has 1 heterocycles. The third-order valence-electron chi connectivity index (χ3n) is 2.30. The second kappa shape index (κ2) is 5.90. The van der Waals surface area contributed by atoms with Gasteiger partial charge in [-0.1, -0.05) is 6.92 Å². The molecule has 0 aliphatic carbocycles. The molecule has 0 amide bonds. The monoisotopic (exact) mass is 262 g/mol. The van der Waals surface area contributed by atoms with E-state index in [2.05, 4.69) is 10.3 Å². The van der Waals surface area contributed by atoms with Gasteiger partial charge in [0, 0.05) is 5.69 Å². The molecule has 0 fully saturated rings. The molecule has 2 N–H and O–H groups in total. The van der Waals surface area contributed by atoms with Gasteiger partial charge < -0.3 is 19.6 Å². The molecule has 1 aromatic heterocycles. The molecule has 6 heteroatoms. The fourth-order valence-electron chi connectivity index (χ4n) is 1.41. The molecule has 0 aliphatic rings. The summed E-state index contributed by atoms with van der Waals surface area (Å²) in [4.78, 5) is 14.4. The van der Waals surface area contributed by atoms with E-state index in [9.17, 15) is 4.79 Å². The number of carbonyl (C=O) groups is 1. The molecule has 0 saturated heterocycles. The van der Waals surface area contributed by atoms with E-state index in [-0.39, 0.29) is 11.7 Å². The van der Waals surface area contributed by atoms with Crippen molar-refractivity contribution in [3.8, 4) is 5.75 Å². The standard InChI is InChI=1S/C13H14N2O4/c1-2-7-18-10-5-3-9(4-6-10)14-13-15-11(8-19-13)12(16)17/h3-6,8H,2,7H2,1H3,(H,14,15)(H,16,17). The van der Waals surface area contributed by atoms with E-state index in [0.717, 1.165) is 24.1 Å². The van der Waals surface area contributed by atoms with Crippen LogP contribution in [0.15, 0.2) is 34.9 Å². The third kappa shape index (κ3) is 3.48. The van der Waals surface area contributed by atoms with Gasteiger partial charge in [0.05, 0.1) is 6.61 Å². The van der Waals surface area contributed by atoms with Crippen molar-refractivity contribution in [3.63, 3.8) is 0 Å². The summed E-state index contributed by atoms with van der Waals surface area (Å²) in [5.74, 6) is -0.342. The summed E-state index contributed by atoms with van der Waals surface area (Å²) in [7, 11) is 0. The molecule has 0 radical (unpaired) electrons. The highest BCUT2D eigenvalue weighted by Crippen LogP contribution is 2.19. The fraction of sp³-hybridized carbons (Fsp3) is 0.231. The van der Waals surface area contributed by atoms with Crippen LogP contribution in [0.25, 0.3) is 0 Å². The number of nitrogens with one attached hydrogen (secondary N) is 1. The lowest BCUT2D eigenvalue weighted by molar-refractivity contribution is 0.0690. The number of carboxylic acid groups (broad SMARTS) is 1. The maximum Gasteiger partial charge on any atom is 0.357 e. The quantitative estimate of drug-likeness (QED) is 0.832. The zero-order valence-electron chi connectivity index (χ0n) is 10.4. The average Bonchev–Trinajstić information content (AvgIpc) is 2.87. The van der Waals surface area contributed by atoms with E-state index in [0.29, 0.717) is 6.61 Å². The number of anilines is 2. The maximum atomic E-state index is 10.6. The van der Waals surface area contributed by atoms with Crippen LogP contribution in [0.3, 0.4) is 0 Å². The summed E-state index contributed by atoms with van der Waals surface area (Å²) >= 11 is 0. The van der Waals surface area contributed by atoms with Gasteiger partial charge >= 0.3 is 5.97 Å². The van der Waals surface area contributed by atoms with E-state index in [1.165, 1.54) is 0 Å². The van der Waals surface area contributed by atoms with E-state index >= 15 is 0 Å². The zero-order chi connectivity index (χ0) is 13.7. The number of carboxylic acids is 1. The van der Waals surface area contributed by atoms with Gasteiger partial charge in [0.15, 0.2) is 5.69 Å². The third-order valence-corrected chi connectivity index (χ3v) is 2.30. The van der Waals surface area contributed by atoms with E-state index < -0.39 is 5.97 Å². The van der Waals surface area contributed by atoms with Crippen LogP contribution in [0.5, 0.6) is 5.75 Å². The van der Waals surface area contributed by atoms with Crippen molar-refractivity contribution in [2.75, 3.05) is 11.9 Å². The number of ether oxygens (including phenoxy) is 1. The number of nitrogens with zero attached hydrogens (tertiary/aromatic N) is 1. The maximum absolute atomic E-state index is 10.6. The van der Waals surface area contributed by atoms with Crippen molar-refractivity contribution in [3.05, 3.63) is 36.2 Å². The molecule has 0 aliphatic heterocycles. The number of rotatable bonds is 6. The second-order valence-corrected chi connectivity index (χ2v) is 3.84. The Morgan fingerprint density at radius 2 is 2.16 bits per heavy atom. The van der Waals surface area contributed by atoms with E-state index in [4.69, 9.17) is 14.3 Å². The molecule has 0 bridgehead atoms. The molecule has 0 unspecified atom stereocenters. The van der Waals surface area contributed by atoms with Gasteiger partial charge in [-0.15, -0.1) is 0 Å². The Bertz CT molecular complexity index is 548. The Morgan fingerprint density at radius 3 is 2.74 bits per heavy atom. The Kier molecular flexibility index (Phi) is 4.02. The number of hydrogen-bond acceptors (Lipinski definition) is 5. The summed E-state index contributed by atoms with van der Waals surface area (Å²) in [6.07, 6.45) is 2.04. The van der Waals surface area contributed by atoms with Crippen molar-refractivity contribution in [2.45, 2.75) is 13.3 Å². The van der Waals surface area contributed by atoms with Gasteiger partial charge in [-0.3, -0.25) is 0 Å². The van der Waals surface area contributed by atoms with Crippen molar-refractivity contribution < 1.29 is 19.1 Å². The summed E-state index contributed by atoms with van der Waals surface area (Å²) in [5.41, 5.74) is 0.605. The Morgan fingerprint density at radius 1 is 1.42 bits per heavy atom. The zero-order valence-corrected chi connectivity index (χ0v) is 10.4. The lowest BCUT2D eigenvalue weighted by Gasteiger charge is -2.05. The number of aromatic carboxylic acids is 1. The summed E-state index contributed by atoms with van der Waals surface area (Å²) in [5, 5.41) is 11.6. The molecule has 1 aromatic carbocycles. The minimum atomic E-state index is -1.12. The van der Waals surface area contributed by atoms with Crippen molar-refractivity contribution in [2.24, 2.45) is 0 Å². The number of oxazole rings is 1. The smallest absolute Gasteiger partial charge is 0.357 e. The molecule has 100 valence electrons. The largest absolute Gasteiger partial charge is 0.494 e. The first kappa shape index (κ1) is 12.9. The highest BCUT2D eigenvalue weighted by molar-refractivity contribution is 5.85. The van der Waals surface area contributed by atoms with Gasteiger partial charge in [-0.2, -0.15) is 4.98 Å². The van der Waals surface area contributed by atoms with Crippen LogP contribution in [0.2, 0.25) is 0 Å². The minimum absolute atomic E-state index is 0.134. The molecular formula is C13H14N2O4. The molecule has 19 heavy (non-hydrogen) atoms. The minimum Gasteiger partial charge on any atom is -0.494 e. The van der Waals surface area contributed by atoms with Crippen LogP contribution in [0.4, 0.5) is 11.7 Å². The van der Waals surface area contributed by atoms with Crippen molar-refractivity contribution in [1.29, 1.82) is 0 Å². The van der Waals surface area contributed by atoms with Crippen molar-refractivity contribution >= 4 is 17.7 Å². The Balaban J connectivity index is 2.00. The topological polar surface area (TPSA) is 84.6 Å². The predicted octanol–water partition coefficient (Wildman–Crippen LogP) is 2.91. The van der Waals surface area contributed by atoms with E-state index in [1.807, 2.05) is 19.1 Å². The summed E-state index contributed by atoms with van der Waals surface area (Å²) < 4.78 is 10.4. The number of hydrogen-bond donors (Lipinski definition) is 2. The van der Waals surface area contributed by atoms with Crippen LogP contribution >= 0.6 is 0 Å². The van der Waals surface area contributed by atoms with Crippen LogP contribution in [0.1, 0.15) is 23.8 Å². The molecule has 6 nitrogen and oxygen atoms in total. The van der Waals surface area contributed by atoms with Crippen molar-refractivity contribution in [1.82, 2.24) is 4.98 Å². The number of benzene rings is 1. The lowest BCUT2D eigenvalue weighted by Crippen LogP contribution is -1.97. The van der Waals surface area contributed by atoms with Gasteiger partial charge in [0.1, 0.15) is 12.0 Å². The molecule has 0 saturated carbocycles. The Labute approximate surface area is 110 Å². The summed E-state index contributed by atoms with van der Waals surface area (Å²) in [6.45, 7) is 2.72. The Hall–Kier alpha value is -2.50. The van der Waals surface area contributed by atoms with Gasteiger partial charge in [0.25, 0.3) is 6.01 Å². The SMILES string of the molecule is CCCOc1ccc(Nc2nc(C(=O)O)co2)cc1. The lowest BCUT2D eigenvalue weighted by atomic mass is 10.3. The highest BCUT2D eigenvalue weighted by Gasteiger charge is 2.10. The van der Waals surface area contributed by atoms with Gasteiger partial charge in [-0.05, 0) is 30.7 Å².